The van der Waals surface area contributed by atoms with Gasteiger partial charge in [-0.25, -0.2) is 13.4 Å². The van der Waals surface area contributed by atoms with Crippen molar-refractivity contribution in [1.29, 1.82) is 0 Å². The van der Waals surface area contributed by atoms with Gasteiger partial charge in [0.2, 0.25) is 10.0 Å². The van der Waals surface area contributed by atoms with Crippen molar-refractivity contribution in [3.8, 4) is 5.75 Å². The van der Waals surface area contributed by atoms with E-state index in [0.29, 0.717) is 36.1 Å². The average Bonchev–Trinajstić information content (AvgIpc) is 3.28. The number of aromatic nitrogens is 1. The van der Waals surface area contributed by atoms with Crippen LogP contribution in [0.15, 0.2) is 47.4 Å². The van der Waals surface area contributed by atoms with Crippen LogP contribution in [-0.4, -0.2) is 88.1 Å². The molecule has 0 spiro atoms. The first-order valence-electron chi connectivity index (χ1n) is 12.3. The number of halogens is 1. The summed E-state index contributed by atoms with van der Waals surface area (Å²) in [6, 6.07) is 11.8. The van der Waals surface area contributed by atoms with Gasteiger partial charge < -0.3 is 14.4 Å². The lowest BCUT2D eigenvalue weighted by atomic mass is 10.2. The molecule has 0 bridgehead atoms. The molecule has 0 saturated carbocycles. The van der Waals surface area contributed by atoms with Crippen LogP contribution in [0.25, 0.3) is 10.2 Å². The zero-order chi connectivity index (χ0) is 26.7. The third kappa shape index (κ3) is 6.83. The lowest BCUT2D eigenvalue weighted by Gasteiger charge is -2.34. The fourth-order valence-corrected chi connectivity index (χ4v) is 6.93. The van der Waals surface area contributed by atoms with E-state index in [4.69, 9.17) is 14.5 Å². The fourth-order valence-electron chi connectivity index (χ4n) is 4.37. The number of fused-ring (bicyclic) bond motifs is 1. The van der Waals surface area contributed by atoms with E-state index in [0.717, 1.165) is 23.2 Å². The number of hydrogen-bond acceptors (Lipinski definition) is 8. The maximum Gasteiger partial charge on any atom is 0.260 e. The van der Waals surface area contributed by atoms with E-state index in [-0.39, 0.29) is 35.4 Å². The molecule has 1 aromatic heterocycles. The first kappa shape index (κ1) is 30.3. The lowest BCUT2D eigenvalue weighted by molar-refractivity contribution is -0.0440. The number of sulfonamides is 1. The molecule has 1 saturated heterocycles. The fraction of sp³-hybridized carbons (Fsp3) is 0.462. The normalized spacial score (nSPS) is 18.4. The van der Waals surface area contributed by atoms with Crippen LogP contribution in [0.3, 0.4) is 0 Å². The highest BCUT2D eigenvalue weighted by atomic mass is 35.5. The van der Waals surface area contributed by atoms with Crippen LogP contribution in [-0.2, 0) is 14.8 Å². The molecule has 1 amide bonds. The van der Waals surface area contributed by atoms with Crippen molar-refractivity contribution >= 4 is 55.0 Å². The van der Waals surface area contributed by atoms with Gasteiger partial charge in [0.1, 0.15) is 5.75 Å². The number of nitrogens with zero attached hydrogens (tertiary/aromatic N) is 4. The van der Waals surface area contributed by atoms with Gasteiger partial charge in [-0.3, -0.25) is 9.69 Å². The van der Waals surface area contributed by atoms with Gasteiger partial charge in [0.05, 0.1) is 34.4 Å². The summed E-state index contributed by atoms with van der Waals surface area (Å²) in [7, 11) is 1.90. The number of methoxy groups -OCH3 is 1. The molecule has 12 heteroatoms. The van der Waals surface area contributed by atoms with Gasteiger partial charge >= 0.3 is 0 Å². The summed E-state index contributed by atoms with van der Waals surface area (Å²) in [4.78, 5) is 22.3. The van der Waals surface area contributed by atoms with E-state index in [1.165, 1.54) is 27.8 Å². The Morgan fingerprint density at radius 2 is 1.76 bits per heavy atom. The SMILES string of the molecule is COc1ccc2sc(N(CCCN(C)C)C(=O)c3ccc(S(=O)(=O)N4CC(C)OC(C)C4)cc3)nc2c1.Cl. The Morgan fingerprint density at radius 1 is 1.11 bits per heavy atom. The van der Waals surface area contributed by atoms with Crippen molar-refractivity contribution in [3.05, 3.63) is 48.0 Å². The number of morpholine rings is 1. The monoisotopic (exact) mass is 582 g/mol. The highest BCUT2D eigenvalue weighted by Crippen LogP contribution is 2.32. The molecule has 208 valence electrons. The number of hydrogen-bond donors (Lipinski definition) is 0. The minimum absolute atomic E-state index is 0. The van der Waals surface area contributed by atoms with E-state index < -0.39 is 10.0 Å². The van der Waals surface area contributed by atoms with Gasteiger partial charge in [0.15, 0.2) is 5.13 Å². The quantitative estimate of drug-likeness (QED) is 0.375. The minimum Gasteiger partial charge on any atom is -0.497 e. The maximum atomic E-state index is 13.6. The molecule has 1 aliphatic rings. The molecular weight excluding hydrogens is 548 g/mol. The van der Waals surface area contributed by atoms with Gasteiger partial charge in [0.25, 0.3) is 5.91 Å². The number of rotatable bonds is 9. The number of carbonyl (C=O) groups excluding carboxylic acids is 1. The molecule has 0 N–H and O–H groups in total. The van der Waals surface area contributed by atoms with Crippen molar-refractivity contribution in [2.75, 3.05) is 52.3 Å². The second-order valence-electron chi connectivity index (χ2n) is 9.55. The first-order valence-corrected chi connectivity index (χ1v) is 14.5. The molecule has 3 aromatic rings. The summed E-state index contributed by atoms with van der Waals surface area (Å²) in [6.07, 6.45) is 0.408. The Morgan fingerprint density at radius 3 is 2.37 bits per heavy atom. The largest absolute Gasteiger partial charge is 0.497 e. The van der Waals surface area contributed by atoms with Crippen LogP contribution in [0, 0.1) is 0 Å². The third-order valence-electron chi connectivity index (χ3n) is 6.17. The predicted molar refractivity (Wildman–Crippen MR) is 153 cm³/mol. The van der Waals surface area contributed by atoms with Crippen molar-refractivity contribution in [3.63, 3.8) is 0 Å². The lowest BCUT2D eigenvalue weighted by Crippen LogP contribution is -2.48. The zero-order valence-corrected chi connectivity index (χ0v) is 24.7. The Balaban J connectivity index is 0.00000400. The van der Waals surface area contributed by atoms with Crippen molar-refractivity contribution in [1.82, 2.24) is 14.2 Å². The van der Waals surface area contributed by atoms with E-state index in [2.05, 4.69) is 4.90 Å². The standard InChI is InChI=1S/C26H34N4O5S2.ClH/c1-18-16-29(17-19(2)35-18)37(32,33)22-10-7-20(8-11-22)25(31)30(14-6-13-28(3)4)26-27-23-15-21(34-5)9-12-24(23)36-26;/h7-12,15,18-19H,6,13-14,16-17H2,1-5H3;1H. The van der Waals surface area contributed by atoms with Gasteiger partial charge in [-0.05, 0) is 77.3 Å². The van der Waals surface area contributed by atoms with E-state index in [9.17, 15) is 13.2 Å². The first-order chi connectivity index (χ1) is 17.6. The van der Waals surface area contributed by atoms with E-state index in [1.54, 1.807) is 24.1 Å². The summed E-state index contributed by atoms with van der Waals surface area (Å²) >= 11 is 1.44. The summed E-state index contributed by atoms with van der Waals surface area (Å²) < 4.78 is 39.8. The number of thiazole rings is 1. The minimum atomic E-state index is -3.69. The number of amides is 1. The van der Waals surface area contributed by atoms with Crippen molar-refractivity contribution in [2.45, 2.75) is 37.4 Å². The van der Waals surface area contributed by atoms with Crippen LogP contribution in [0.4, 0.5) is 5.13 Å². The average molecular weight is 583 g/mol. The Labute approximate surface area is 234 Å². The molecule has 38 heavy (non-hydrogen) atoms. The smallest absolute Gasteiger partial charge is 0.260 e. The molecule has 0 radical (unpaired) electrons. The van der Waals surface area contributed by atoms with E-state index >= 15 is 0 Å². The van der Waals surface area contributed by atoms with Crippen molar-refractivity contribution in [2.24, 2.45) is 0 Å². The maximum absolute atomic E-state index is 13.6. The Hall–Kier alpha value is -2.28. The molecule has 4 rings (SSSR count). The number of carbonyl (C=O) groups is 1. The summed E-state index contributed by atoms with van der Waals surface area (Å²) in [5, 5.41) is 0.597. The second-order valence-corrected chi connectivity index (χ2v) is 12.5. The van der Waals surface area contributed by atoms with E-state index in [1.807, 2.05) is 46.1 Å². The summed E-state index contributed by atoms with van der Waals surface area (Å²) in [5.41, 5.74) is 1.17. The molecular formula is C26H35ClN4O5S2. The molecule has 2 heterocycles. The second kappa shape index (κ2) is 12.7. The van der Waals surface area contributed by atoms with Crippen LogP contribution in [0.1, 0.15) is 30.6 Å². The van der Waals surface area contributed by atoms with Gasteiger partial charge in [-0.2, -0.15) is 4.31 Å². The summed E-state index contributed by atoms with van der Waals surface area (Å²) in [5.74, 6) is 0.484. The van der Waals surface area contributed by atoms with Crippen molar-refractivity contribution < 1.29 is 22.7 Å². The summed E-state index contributed by atoms with van der Waals surface area (Å²) in [6.45, 7) is 5.63. The van der Waals surface area contributed by atoms with Gasteiger partial charge in [-0.1, -0.05) is 11.3 Å². The van der Waals surface area contributed by atoms with Gasteiger partial charge in [-0.15, -0.1) is 12.4 Å². The molecule has 2 unspecified atom stereocenters. The van der Waals surface area contributed by atoms with Gasteiger partial charge in [0, 0.05) is 31.3 Å². The Bertz CT molecular complexity index is 1340. The third-order valence-corrected chi connectivity index (χ3v) is 9.08. The highest BCUT2D eigenvalue weighted by Gasteiger charge is 2.32. The number of benzene rings is 2. The zero-order valence-electron chi connectivity index (χ0n) is 22.3. The molecule has 0 aliphatic carbocycles. The predicted octanol–water partition coefficient (Wildman–Crippen LogP) is 4.12. The van der Waals surface area contributed by atoms with Crippen LogP contribution >= 0.6 is 23.7 Å². The van der Waals surface area contributed by atoms with Crippen LogP contribution in [0.2, 0.25) is 0 Å². The molecule has 1 aliphatic heterocycles. The molecule has 2 atom stereocenters. The highest BCUT2D eigenvalue weighted by molar-refractivity contribution is 7.89. The molecule has 2 aromatic carbocycles. The number of anilines is 1. The topological polar surface area (TPSA) is 92.3 Å². The molecule has 9 nitrogen and oxygen atoms in total. The molecule has 1 fully saturated rings. The van der Waals surface area contributed by atoms with Crippen LogP contribution < -0.4 is 9.64 Å². The van der Waals surface area contributed by atoms with Crippen LogP contribution in [0.5, 0.6) is 5.75 Å². The Kier molecular flexibility index (Phi) is 10.1. The number of ether oxygens (including phenoxy) is 2.